The molecule has 8 nitrogen and oxygen atoms in total. The molecule has 0 aromatic carbocycles. The molecular weight excluding hydrogens is 671 g/mol. The van der Waals surface area contributed by atoms with Crippen LogP contribution in [0.25, 0.3) is 0 Å². The topological polar surface area (TPSA) is 108 Å². The van der Waals surface area contributed by atoms with Gasteiger partial charge in [-0.25, -0.2) is 0 Å². The van der Waals surface area contributed by atoms with E-state index in [1.165, 1.54) is 154 Å². The van der Waals surface area contributed by atoms with E-state index in [0.29, 0.717) is 17.4 Å². The van der Waals surface area contributed by atoms with E-state index in [1.807, 2.05) is 34.1 Å². The summed E-state index contributed by atoms with van der Waals surface area (Å²) in [5.41, 5.74) is 0. The summed E-state index contributed by atoms with van der Waals surface area (Å²) in [6.45, 7) is 4.40. The Bertz CT molecular complexity index is 865. The molecule has 0 aliphatic rings. The monoisotopic (exact) mass is 759 g/mol. The Balaban J connectivity index is 3.82. The molecule has 0 spiro atoms. The van der Waals surface area contributed by atoms with Crippen LogP contribution in [-0.4, -0.2) is 68.5 Å². The van der Waals surface area contributed by atoms with E-state index >= 15 is 0 Å². The molecular formula is C43H87N2O6P. The van der Waals surface area contributed by atoms with Crippen molar-refractivity contribution in [3.63, 3.8) is 0 Å². The molecule has 52 heavy (non-hydrogen) atoms. The summed E-state index contributed by atoms with van der Waals surface area (Å²) in [6, 6.07) is -0.876. The third-order valence-corrected chi connectivity index (χ3v) is 11.0. The smallest absolute Gasteiger partial charge is 0.268 e. The zero-order valence-corrected chi connectivity index (χ0v) is 35.9. The third-order valence-electron chi connectivity index (χ3n) is 10.00. The number of phosphoric ester groups is 1. The van der Waals surface area contributed by atoms with Crippen molar-refractivity contribution < 1.29 is 32.9 Å². The summed E-state index contributed by atoms with van der Waals surface area (Å²) in [5.74, 6) is -0.231. The number of carbonyl (C=O) groups excluding carboxylic acids is 1. The summed E-state index contributed by atoms with van der Waals surface area (Å²) in [6.07, 6.45) is 41.1. The lowest BCUT2D eigenvalue weighted by atomic mass is 10.0. The van der Waals surface area contributed by atoms with Gasteiger partial charge in [-0.05, 0) is 19.3 Å². The van der Waals surface area contributed by atoms with Crippen molar-refractivity contribution in [2.24, 2.45) is 0 Å². The van der Waals surface area contributed by atoms with Crippen LogP contribution in [0.2, 0.25) is 0 Å². The Kier molecular flexibility index (Phi) is 35.4. The van der Waals surface area contributed by atoms with Crippen molar-refractivity contribution in [3.05, 3.63) is 12.2 Å². The van der Waals surface area contributed by atoms with Gasteiger partial charge in [0.15, 0.2) is 0 Å². The second-order valence-corrected chi connectivity index (χ2v) is 17.8. The first-order valence-electron chi connectivity index (χ1n) is 22.1. The molecule has 3 atom stereocenters. The van der Waals surface area contributed by atoms with Crippen LogP contribution in [0.4, 0.5) is 0 Å². The predicted molar refractivity (Wildman–Crippen MR) is 219 cm³/mol. The molecule has 1 amide bonds. The van der Waals surface area contributed by atoms with Crippen molar-refractivity contribution in [1.29, 1.82) is 0 Å². The van der Waals surface area contributed by atoms with Gasteiger partial charge < -0.3 is 28.8 Å². The van der Waals surface area contributed by atoms with Crippen LogP contribution < -0.4 is 10.2 Å². The Morgan fingerprint density at radius 1 is 0.654 bits per heavy atom. The normalized spacial score (nSPS) is 14.5. The maximum atomic E-state index is 12.3. The highest BCUT2D eigenvalue weighted by atomic mass is 31.2. The predicted octanol–water partition coefficient (Wildman–Crippen LogP) is 11.3. The number of allylic oxidation sites excluding steroid dienone is 1. The summed E-state index contributed by atoms with van der Waals surface area (Å²) in [4.78, 5) is 24.6. The molecule has 3 unspecified atom stereocenters. The molecule has 0 radical (unpaired) electrons. The van der Waals surface area contributed by atoms with Crippen LogP contribution in [0, 0.1) is 0 Å². The second-order valence-electron chi connectivity index (χ2n) is 16.4. The van der Waals surface area contributed by atoms with Gasteiger partial charge >= 0.3 is 0 Å². The summed E-state index contributed by atoms with van der Waals surface area (Å²) >= 11 is 0. The largest absolute Gasteiger partial charge is 0.756 e. The van der Waals surface area contributed by atoms with Crippen LogP contribution in [0.15, 0.2) is 12.2 Å². The minimum Gasteiger partial charge on any atom is -0.756 e. The number of hydrogen-bond donors (Lipinski definition) is 2. The molecule has 0 aromatic rings. The lowest BCUT2D eigenvalue weighted by molar-refractivity contribution is -0.870. The average molecular weight is 759 g/mol. The fourth-order valence-electron chi connectivity index (χ4n) is 6.43. The van der Waals surface area contributed by atoms with E-state index in [1.54, 1.807) is 6.08 Å². The Hall–Kier alpha value is -0.760. The fourth-order valence-corrected chi connectivity index (χ4v) is 7.15. The highest BCUT2D eigenvalue weighted by molar-refractivity contribution is 7.45. The van der Waals surface area contributed by atoms with E-state index in [9.17, 15) is 19.4 Å². The maximum Gasteiger partial charge on any atom is 0.268 e. The van der Waals surface area contributed by atoms with Gasteiger partial charge in [0.05, 0.1) is 39.9 Å². The van der Waals surface area contributed by atoms with Crippen molar-refractivity contribution in [2.45, 2.75) is 219 Å². The SMILES string of the molecule is CCCCCCCCCCCCCCCCCCCCCCCCCCCC/C=C/C(O)C(COP(=O)([O-])OCC[N+](C)(C)C)NC(=O)CCCC. The summed E-state index contributed by atoms with van der Waals surface area (Å²) < 4.78 is 22.8. The number of aliphatic hydroxyl groups excluding tert-OH is 1. The van der Waals surface area contributed by atoms with Gasteiger partial charge in [-0.2, -0.15) is 0 Å². The number of hydrogen-bond acceptors (Lipinski definition) is 6. The zero-order chi connectivity index (χ0) is 38.6. The summed E-state index contributed by atoms with van der Waals surface area (Å²) in [7, 11) is 1.26. The first kappa shape index (κ1) is 51.2. The van der Waals surface area contributed by atoms with E-state index in [4.69, 9.17) is 9.05 Å². The highest BCUT2D eigenvalue weighted by Crippen LogP contribution is 2.38. The molecule has 0 aliphatic carbocycles. The highest BCUT2D eigenvalue weighted by Gasteiger charge is 2.23. The molecule has 0 saturated carbocycles. The summed E-state index contributed by atoms with van der Waals surface area (Å²) in [5, 5.41) is 13.5. The maximum absolute atomic E-state index is 12.3. The number of carbonyl (C=O) groups is 1. The Morgan fingerprint density at radius 3 is 1.42 bits per heavy atom. The minimum atomic E-state index is -4.56. The molecule has 0 rings (SSSR count). The van der Waals surface area contributed by atoms with Gasteiger partial charge in [-0.1, -0.05) is 193 Å². The molecule has 0 aromatic heterocycles. The number of quaternary nitrogens is 1. The van der Waals surface area contributed by atoms with Crippen LogP contribution in [0.3, 0.4) is 0 Å². The van der Waals surface area contributed by atoms with Crippen LogP contribution >= 0.6 is 7.82 Å². The van der Waals surface area contributed by atoms with Crippen molar-refractivity contribution in [2.75, 3.05) is 40.9 Å². The fraction of sp³-hybridized carbons (Fsp3) is 0.930. The average Bonchev–Trinajstić information content (AvgIpc) is 3.09. The molecule has 310 valence electrons. The van der Waals surface area contributed by atoms with Crippen LogP contribution in [0.1, 0.15) is 206 Å². The molecule has 0 fully saturated rings. The van der Waals surface area contributed by atoms with E-state index in [0.717, 1.165) is 32.1 Å². The number of unbranched alkanes of at least 4 members (excludes halogenated alkanes) is 27. The number of likely N-dealkylation sites (N-methyl/N-ethyl adjacent to an activating group) is 1. The van der Waals surface area contributed by atoms with Crippen LogP contribution in [-0.2, 0) is 18.4 Å². The van der Waals surface area contributed by atoms with Gasteiger partial charge in [0, 0.05) is 6.42 Å². The van der Waals surface area contributed by atoms with E-state index < -0.39 is 20.0 Å². The number of rotatable bonds is 40. The van der Waals surface area contributed by atoms with Gasteiger partial charge in [0.25, 0.3) is 7.82 Å². The number of amides is 1. The minimum absolute atomic E-state index is 0.000107. The van der Waals surface area contributed by atoms with Crippen molar-refractivity contribution in [3.8, 4) is 0 Å². The standard InChI is InChI=1S/C43H87N2O6P/c1-6-8-10-11-12-13-14-15-16-17-18-19-20-21-22-23-24-25-26-27-28-29-30-31-32-33-34-35-36-42(46)41(44-43(47)37-9-7-2)40-51-52(48,49)50-39-38-45(3,4)5/h35-36,41-42,46H,6-34,37-40H2,1-5H3,(H-,44,47,48,49)/b36-35+. The number of phosphoric acid groups is 1. The first-order valence-corrected chi connectivity index (χ1v) is 23.5. The van der Waals surface area contributed by atoms with Gasteiger partial charge in [-0.15, -0.1) is 0 Å². The second kappa shape index (κ2) is 35.9. The van der Waals surface area contributed by atoms with Gasteiger partial charge in [-0.3, -0.25) is 9.36 Å². The number of aliphatic hydroxyl groups is 1. The quantitative estimate of drug-likeness (QED) is 0.0279. The molecule has 0 aliphatic heterocycles. The lowest BCUT2D eigenvalue weighted by Crippen LogP contribution is -2.45. The molecule has 0 bridgehead atoms. The third kappa shape index (κ3) is 37.6. The molecule has 2 N–H and O–H groups in total. The zero-order valence-electron chi connectivity index (χ0n) is 35.0. The van der Waals surface area contributed by atoms with Gasteiger partial charge in [0.1, 0.15) is 13.2 Å². The van der Waals surface area contributed by atoms with Crippen molar-refractivity contribution >= 4 is 13.7 Å². The van der Waals surface area contributed by atoms with Crippen LogP contribution in [0.5, 0.6) is 0 Å². The first-order chi connectivity index (χ1) is 25.0. The molecule has 0 saturated heterocycles. The Morgan fingerprint density at radius 2 is 1.04 bits per heavy atom. The van der Waals surface area contributed by atoms with E-state index in [-0.39, 0.29) is 19.1 Å². The van der Waals surface area contributed by atoms with Gasteiger partial charge in [0.2, 0.25) is 5.91 Å². The number of nitrogens with zero attached hydrogens (tertiary/aromatic N) is 1. The van der Waals surface area contributed by atoms with E-state index in [2.05, 4.69) is 12.2 Å². The van der Waals surface area contributed by atoms with Crippen molar-refractivity contribution in [1.82, 2.24) is 5.32 Å². The molecule has 9 heteroatoms. The Labute approximate surface area is 322 Å². The lowest BCUT2D eigenvalue weighted by Gasteiger charge is -2.29. The number of nitrogens with one attached hydrogen (secondary N) is 1. The molecule has 0 heterocycles.